The Morgan fingerprint density at radius 3 is 2.38 bits per heavy atom. The summed E-state index contributed by atoms with van der Waals surface area (Å²) in [5.41, 5.74) is 0.0542. The van der Waals surface area contributed by atoms with Gasteiger partial charge in [-0.3, -0.25) is 0 Å². The lowest BCUT2D eigenvalue weighted by Gasteiger charge is -2.04. The van der Waals surface area contributed by atoms with Gasteiger partial charge in [-0.15, -0.1) is 0 Å². The second-order valence-electron chi connectivity index (χ2n) is 2.67. The van der Waals surface area contributed by atoms with Gasteiger partial charge in [0.1, 0.15) is 17.7 Å². The lowest BCUT2D eigenvalue weighted by atomic mass is 10.3. The van der Waals surface area contributed by atoms with Crippen LogP contribution in [0.25, 0.3) is 0 Å². The summed E-state index contributed by atoms with van der Waals surface area (Å²) in [4.78, 5) is 0. The van der Waals surface area contributed by atoms with E-state index in [1.807, 2.05) is 0 Å². The van der Waals surface area contributed by atoms with E-state index in [9.17, 15) is 8.78 Å². The topological polar surface area (TPSA) is 59.6 Å². The van der Waals surface area contributed by atoms with Gasteiger partial charge in [0.05, 0.1) is 5.69 Å². The van der Waals surface area contributed by atoms with Crippen LogP contribution in [0, 0.1) is 34.3 Å². The minimum Gasteiger partial charge on any atom is -0.359 e. The van der Waals surface area contributed by atoms with Crippen LogP contribution in [0.4, 0.5) is 14.5 Å². The molecule has 0 saturated heterocycles. The average Bonchev–Trinajstić information content (AvgIpc) is 2.26. The predicted octanol–water partition coefficient (Wildman–Crippen LogP) is 3.07. The summed E-state index contributed by atoms with van der Waals surface area (Å²) in [5, 5.41) is 19.4. The number of nitrogens with zero attached hydrogens (tertiary/aromatic N) is 2. The third kappa shape index (κ3) is 2.78. The molecule has 0 aliphatic carbocycles. The van der Waals surface area contributed by atoms with E-state index in [1.54, 1.807) is 12.1 Å². The van der Waals surface area contributed by atoms with Gasteiger partial charge in [0.15, 0.2) is 11.6 Å². The Morgan fingerprint density at radius 2 is 1.81 bits per heavy atom. The minimum absolute atomic E-state index is 0.170. The van der Waals surface area contributed by atoms with Gasteiger partial charge >= 0.3 is 0 Å². The summed E-state index contributed by atoms with van der Waals surface area (Å²) < 4.78 is 25.9. The molecular formula is C10H4BrF2N3. The van der Waals surface area contributed by atoms with E-state index in [2.05, 4.69) is 21.2 Å². The highest BCUT2D eigenvalue weighted by atomic mass is 79.9. The molecule has 3 nitrogen and oxygen atoms in total. The van der Waals surface area contributed by atoms with Crippen molar-refractivity contribution in [3.8, 4) is 12.1 Å². The van der Waals surface area contributed by atoms with E-state index in [-0.39, 0.29) is 15.7 Å². The highest BCUT2D eigenvalue weighted by molar-refractivity contribution is 9.10. The van der Waals surface area contributed by atoms with Crippen molar-refractivity contribution in [3.63, 3.8) is 0 Å². The molecule has 0 unspecified atom stereocenters. The zero-order chi connectivity index (χ0) is 12.1. The molecule has 0 bridgehead atoms. The third-order valence-electron chi connectivity index (χ3n) is 1.62. The maximum absolute atomic E-state index is 12.9. The molecule has 0 fully saturated rings. The van der Waals surface area contributed by atoms with Gasteiger partial charge in [-0.2, -0.15) is 10.5 Å². The van der Waals surface area contributed by atoms with Gasteiger partial charge < -0.3 is 5.32 Å². The van der Waals surface area contributed by atoms with Gasteiger partial charge in [-0.05, 0) is 22.0 Å². The number of nitrogens with one attached hydrogen (secondary N) is 1. The van der Waals surface area contributed by atoms with Gasteiger partial charge in [0, 0.05) is 16.7 Å². The molecule has 0 atom stereocenters. The maximum Gasteiger partial charge on any atom is 0.160 e. The largest absolute Gasteiger partial charge is 0.359 e. The summed E-state index contributed by atoms with van der Waals surface area (Å²) in [5.74, 6) is -2.00. The Kier molecular flexibility index (Phi) is 3.98. The molecule has 0 aliphatic heterocycles. The van der Waals surface area contributed by atoms with Crippen LogP contribution in [0.15, 0.2) is 28.4 Å². The van der Waals surface area contributed by atoms with Crippen molar-refractivity contribution in [3.05, 3.63) is 40.0 Å². The molecule has 0 aliphatic rings. The zero-order valence-electron chi connectivity index (χ0n) is 7.76. The first-order chi connectivity index (χ1) is 7.58. The zero-order valence-corrected chi connectivity index (χ0v) is 9.35. The number of hydrogen-bond acceptors (Lipinski definition) is 3. The Labute approximate surface area is 98.7 Å². The van der Waals surface area contributed by atoms with Crippen LogP contribution in [0.1, 0.15) is 0 Å². The van der Waals surface area contributed by atoms with Gasteiger partial charge in [0.25, 0.3) is 0 Å². The van der Waals surface area contributed by atoms with E-state index in [0.717, 1.165) is 18.3 Å². The van der Waals surface area contributed by atoms with E-state index < -0.39 is 11.6 Å². The number of benzene rings is 1. The third-order valence-corrected chi connectivity index (χ3v) is 2.28. The Bertz CT molecular complexity index is 510. The summed E-state index contributed by atoms with van der Waals surface area (Å²) in [6.45, 7) is 0. The molecule has 1 aromatic carbocycles. The number of anilines is 1. The number of hydrogen-bond donors (Lipinski definition) is 1. The van der Waals surface area contributed by atoms with Crippen molar-refractivity contribution in [1.29, 1.82) is 10.5 Å². The smallest absolute Gasteiger partial charge is 0.160 e. The molecule has 1 rings (SSSR count). The first-order valence-electron chi connectivity index (χ1n) is 4.00. The van der Waals surface area contributed by atoms with E-state index in [4.69, 9.17) is 10.5 Å². The van der Waals surface area contributed by atoms with Gasteiger partial charge in [-0.25, -0.2) is 8.78 Å². The molecule has 80 valence electrons. The highest BCUT2D eigenvalue weighted by Gasteiger charge is 2.07. The van der Waals surface area contributed by atoms with Gasteiger partial charge in [-0.1, -0.05) is 0 Å². The minimum atomic E-state index is -1.02. The quantitative estimate of drug-likeness (QED) is 0.670. The first kappa shape index (κ1) is 12.2. The van der Waals surface area contributed by atoms with Crippen LogP contribution >= 0.6 is 15.9 Å². The molecular weight excluding hydrogens is 280 g/mol. The second kappa shape index (κ2) is 5.24. The standard InChI is InChI=1S/C10H4BrF2N3/c11-7-1-8(12)9(13)2-10(7)16-5-6(3-14)4-15/h1-2,5,16H. The van der Waals surface area contributed by atoms with Crippen molar-refractivity contribution in [1.82, 2.24) is 0 Å². The van der Waals surface area contributed by atoms with E-state index in [1.165, 1.54) is 0 Å². The molecule has 0 amide bonds. The number of nitriles is 2. The molecule has 16 heavy (non-hydrogen) atoms. The van der Waals surface area contributed by atoms with Crippen molar-refractivity contribution in [2.24, 2.45) is 0 Å². The molecule has 1 N–H and O–H groups in total. The fraction of sp³-hybridized carbons (Fsp3) is 0. The molecule has 0 saturated carbocycles. The lowest BCUT2D eigenvalue weighted by Crippen LogP contribution is -1.94. The molecule has 0 radical (unpaired) electrons. The highest BCUT2D eigenvalue weighted by Crippen LogP contribution is 2.25. The van der Waals surface area contributed by atoms with Crippen molar-refractivity contribution in [2.75, 3.05) is 5.32 Å². The monoisotopic (exact) mass is 283 g/mol. The fourth-order valence-corrected chi connectivity index (χ4v) is 1.30. The lowest BCUT2D eigenvalue weighted by molar-refractivity contribution is 0.508. The SMILES string of the molecule is N#CC(C#N)=CNc1cc(F)c(F)cc1Br. The Hall–Kier alpha value is -1.92. The molecule has 0 aromatic heterocycles. The summed E-state index contributed by atoms with van der Waals surface area (Å²) in [6.07, 6.45) is 1.11. The predicted molar refractivity (Wildman–Crippen MR) is 57.0 cm³/mol. The molecule has 6 heteroatoms. The molecule has 0 spiro atoms. The van der Waals surface area contributed by atoms with Crippen LogP contribution in [-0.4, -0.2) is 0 Å². The van der Waals surface area contributed by atoms with E-state index in [0.29, 0.717) is 0 Å². The van der Waals surface area contributed by atoms with Crippen LogP contribution < -0.4 is 5.32 Å². The number of rotatable bonds is 2. The van der Waals surface area contributed by atoms with Crippen molar-refractivity contribution < 1.29 is 8.78 Å². The Morgan fingerprint density at radius 1 is 1.25 bits per heavy atom. The maximum atomic E-state index is 12.9. The average molecular weight is 284 g/mol. The van der Waals surface area contributed by atoms with Crippen LogP contribution in [0.3, 0.4) is 0 Å². The van der Waals surface area contributed by atoms with Crippen molar-refractivity contribution >= 4 is 21.6 Å². The summed E-state index contributed by atoms with van der Waals surface area (Å²) in [6, 6.07) is 5.11. The van der Waals surface area contributed by atoms with E-state index >= 15 is 0 Å². The van der Waals surface area contributed by atoms with Crippen LogP contribution in [0.2, 0.25) is 0 Å². The number of halogens is 3. The first-order valence-corrected chi connectivity index (χ1v) is 4.79. The van der Waals surface area contributed by atoms with Crippen molar-refractivity contribution in [2.45, 2.75) is 0 Å². The Balaban J connectivity index is 3.01. The normalized spacial score (nSPS) is 8.81. The van der Waals surface area contributed by atoms with Gasteiger partial charge in [0.2, 0.25) is 0 Å². The molecule has 0 heterocycles. The van der Waals surface area contributed by atoms with Crippen LogP contribution in [-0.2, 0) is 0 Å². The summed E-state index contributed by atoms with van der Waals surface area (Å²) in [7, 11) is 0. The van der Waals surface area contributed by atoms with Crippen LogP contribution in [0.5, 0.6) is 0 Å². The fourth-order valence-electron chi connectivity index (χ4n) is 0.873. The second-order valence-corrected chi connectivity index (χ2v) is 3.53. The summed E-state index contributed by atoms with van der Waals surface area (Å²) >= 11 is 3.01. The molecule has 1 aromatic rings. The number of allylic oxidation sites excluding steroid dienone is 1.